The molecular weight excluding hydrogens is 439 g/mol. The third kappa shape index (κ3) is 13.6. The van der Waals surface area contributed by atoms with Gasteiger partial charge in [-0.25, -0.2) is 24.0 Å². The third-order valence-electron chi connectivity index (χ3n) is 0.701. The van der Waals surface area contributed by atoms with E-state index >= 15 is 0 Å². The first-order valence-electron chi connectivity index (χ1n) is 2.78. The van der Waals surface area contributed by atoms with Crippen LogP contribution < -0.4 is 0 Å². The molecule has 0 rings (SSSR count). The summed E-state index contributed by atoms with van der Waals surface area (Å²) < 4.78 is 6.70. The van der Waals surface area contributed by atoms with Gasteiger partial charge in [-0.15, -0.1) is 0 Å². The van der Waals surface area contributed by atoms with Crippen LogP contribution in [0.4, 0.5) is 4.79 Å². The molecule has 0 fully saturated rings. The van der Waals surface area contributed by atoms with Crippen LogP contribution in [0.25, 0.3) is 0 Å². The molecule has 0 heterocycles. The van der Waals surface area contributed by atoms with E-state index in [-0.39, 0.29) is 66.0 Å². The number of carboxylic acids is 2. The van der Waals surface area contributed by atoms with Crippen LogP contribution in [0.2, 0.25) is 0 Å². The number of rotatable bonds is 0. The van der Waals surface area contributed by atoms with Gasteiger partial charge in [-0.1, -0.05) is 0 Å². The SMILES string of the molecule is O=C(OC(=O)C(=O)O)OC(=O)C(=O)O.[Ni].[Ni].[Ni].[Ni]. The van der Waals surface area contributed by atoms with Crippen LogP contribution in [-0.2, 0) is 94.6 Å². The number of ether oxygens (including phenoxy) is 2. The number of aliphatic carboxylic acids is 2. The summed E-state index contributed by atoms with van der Waals surface area (Å²) in [6.07, 6.45) is -2.02. The van der Waals surface area contributed by atoms with Gasteiger partial charge in [-0.05, 0) is 0 Å². The van der Waals surface area contributed by atoms with Crippen molar-refractivity contribution >= 4 is 30.0 Å². The Balaban J connectivity index is -0.000000141. The van der Waals surface area contributed by atoms with Crippen LogP contribution in [0.15, 0.2) is 0 Å². The predicted octanol–water partition coefficient (Wildman–Crippen LogP) is -1.65. The van der Waals surface area contributed by atoms with Gasteiger partial charge < -0.3 is 19.7 Å². The standard InChI is InChI=1S/C5H2O9.4Ni/c6-1(7)3(10)13-5(12)14-4(11)2(8)9;;;;/h(H,6,7)(H,8,9);;;;. The van der Waals surface area contributed by atoms with Crippen molar-refractivity contribution in [3.8, 4) is 0 Å². The molecule has 9 nitrogen and oxygen atoms in total. The summed E-state index contributed by atoms with van der Waals surface area (Å²) in [5, 5.41) is 15.8. The van der Waals surface area contributed by atoms with Crippen LogP contribution in [0.5, 0.6) is 0 Å². The van der Waals surface area contributed by atoms with Crippen molar-refractivity contribution in [2.75, 3.05) is 0 Å². The van der Waals surface area contributed by atoms with Crippen molar-refractivity contribution in [3.63, 3.8) is 0 Å². The minimum atomic E-state index is -2.09. The number of carbonyl (C=O) groups excluding carboxylic acids is 3. The summed E-state index contributed by atoms with van der Waals surface area (Å²) in [5.41, 5.74) is 0. The van der Waals surface area contributed by atoms with E-state index in [1.165, 1.54) is 0 Å². The molecule has 0 spiro atoms. The Morgan fingerprint density at radius 1 is 0.611 bits per heavy atom. The van der Waals surface area contributed by atoms with Crippen molar-refractivity contribution in [2.24, 2.45) is 0 Å². The number of esters is 2. The molecule has 2 N–H and O–H groups in total. The molecule has 0 unspecified atom stereocenters. The van der Waals surface area contributed by atoms with E-state index < -0.39 is 30.0 Å². The van der Waals surface area contributed by atoms with Gasteiger partial charge in [0.2, 0.25) is 0 Å². The molecule has 0 aromatic heterocycles. The van der Waals surface area contributed by atoms with Crippen LogP contribution in [0, 0.1) is 0 Å². The average molecular weight is 441 g/mol. The van der Waals surface area contributed by atoms with Gasteiger partial charge in [-0.2, -0.15) is 0 Å². The van der Waals surface area contributed by atoms with Gasteiger partial charge in [0.25, 0.3) is 0 Å². The molecule has 0 saturated heterocycles. The molecular formula is C5H2Ni4O9. The molecule has 0 aliphatic carbocycles. The summed E-state index contributed by atoms with van der Waals surface area (Å²) in [6.45, 7) is 0. The van der Waals surface area contributed by atoms with Crippen molar-refractivity contribution < 1.29 is 110 Å². The van der Waals surface area contributed by atoms with E-state index in [9.17, 15) is 24.0 Å². The largest absolute Gasteiger partial charge is 0.524 e. The fourth-order valence-electron chi connectivity index (χ4n) is 0.260. The summed E-state index contributed by atoms with van der Waals surface area (Å²) in [6, 6.07) is 0. The van der Waals surface area contributed by atoms with E-state index in [1.54, 1.807) is 0 Å². The van der Waals surface area contributed by atoms with E-state index in [2.05, 4.69) is 9.47 Å². The van der Waals surface area contributed by atoms with Crippen LogP contribution in [0.3, 0.4) is 0 Å². The zero-order chi connectivity index (χ0) is 11.3. The maximum atomic E-state index is 10.3. The monoisotopic (exact) mass is 438 g/mol. The maximum absolute atomic E-state index is 10.3. The first-order chi connectivity index (χ1) is 6.34. The fraction of sp³-hybridized carbons (Fsp3) is 0. The molecule has 0 bridgehead atoms. The Morgan fingerprint density at radius 3 is 1.00 bits per heavy atom. The number of hydrogen-bond donors (Lipinski definition) is 2. The Hall–Kier alpha value is -0.476. The van der Waals surface area contributed by atoms with Gasteiger partial charge in [-0.3, -0.25) is 0 Å². The second-order valence-electron chi connectivity index (χ2n) is 1.64. The molecule has 0 saturated carbocycles. The second kappa shape index (κ2) is 14.6. The molecule has 0 atom stereocenters. The third-order valence-corrected chi connectivity index (χ3v) is 0.701. The quantitative estimate of drug-likeness (QED) is 0.196. The molecule has 0 aromatic carbocycles. The van der Waals surface area contributed by atoms with E-state index in [0.29, 0.717) is 0 Å². The van der Waals surface area contributed by atoms with Crippen LogP contribution >= 0.6 is 0 Å². The Bertz CT molecular complexity index is 297. The number of carboxylic acid groups (broad SMARTS) is 2. The zero-order valence-electron chi connectivity index (χ0n) is 7.52. The van der Waals surface area contributed by atoms with Gasteiger partial charge in [0.15, 0.2) is 0 Å². The molecule has 0 radical (unpaired) electrons. The minimum absolute atomic E-state index is 0. The van der Waals surface area contributed by atoms with Gasteiger partial charge in [0.1, 0.15) is 0 Å². The Labute approximate surface area is 139 Å². The normalized spacial score (nSPS) is 6.67. The summed E-state index contributed by atoms with van der Waals surface area (Å²) in [7, 11) is 0. The smallest absolute Gasteiger partial charge is 0.473 e. The van der Waals surface area contributed by atoms with E-state index in [1.807, 2.05) is 0 Å². The molecule has 116 valence electrons. The molecule has 0 aliphatic rings. The van der Waals surface area contributed by atoms with Gasteiger partial charge in [0, 0.05) is 66.0 Å². The summed E-state index contributed by atoms with van der Waals surface area (Å²) in [4.78, 5) is 50.0. The van der Waals surface area contributed by atoms with Crippen molar-refractivity contribution in [1.82, 2.24) is 0 Å². The maximum Gasteiger partial charge on any atom is 0.524 e. The second-order valence-corrected chi connectivity index (χ2v) is 1.64. The van der Waals surface area contributed by atoms with Crippen molar-refractivity contribution in [2.45, 2.75) is 0 Å². The topological polar surface area (TPSA) is 144 Å². The molecule has 13 heteroatoms. The first-order valence-corrected chi connectivity index (χ1v) is 2.78. The number of hydrogen-bond acceptors (Lipinski definition) is 7. The predicted molar refractivity (Wildman–Crippen MR) is 32.9 cm³/mol. The minimum Gasteiger partial charge on any atom is -0.473 e. The van der Waals surface area contributed by atoms with Crippen molar-refractivity contribution in [3.05, 3.63) is 0 Å². The molecule has 18 heavy (non-hydrogen) atoms. The van der Waals surface area contributed by atoms with E-state index in [0.717, 1.165) is 0 Å². The average Bonchev–Trinajstić information content (AvgIpc) is 2.03. The van der Waals surface area contributed by atoms with Crippen LogP contribution in [-0.4, -0.2) is 40.2 Å². The first kappa shape index (κ1) is 30.5. The zero-order valence-corrected chi connectivity index (χ0v) is 11.5. The van der Waals surface area contributed by atoms with Crippen molar-refractivity contribution in [1.29, 1.82) is 0 Å². The van der Waals surface area contributed by atoms with Gasteiger partial charge in [0.05, 0.1) is 0 Å². The van der Waals surface area contributed by atoms with E-state index in [4.69, 9.17) is 10.2 Å². The summed E-state index contributed by atoms with van der Waals surface area (Å²) in [5.74, 6) is -8.17. The fourth-order valence-corrected chi connectivity index (χ4v) is 0.260. The Morgan fingerprint density at radius 2 is 0.833 bits per heavy atom. The van der Waals surface area contributed by atoms with Gasteiger partial charge >= 0.3 is 30.0 Å². The molecule has 0 amide bonds. The number of carbonyl (C=O) groups is 5. The molecule has 0 aromatic rings. The molecule has 0 aliphatic heterocycles. The summed E-state index contributed by atoms with van der Waals surface area (Å²) >= 11 is 0. The van der Waals surface area contributed by atoms with Crippen LogP contribution in [0.1, 0.15) is 0 Å². The Kier molecular flexibility index (Phi) is 24.7.